The highest BCUT2D eigenvalue weighted by molar-refractivity contribution is 7.14. The Hall–Kier alpha value is -1.36. The Bertz CT molecular complexity index is 615. The molecule has 2 aliphatic carbocycles. The molecule has 1 unspecified atom stereocenters. The highest BCUT2D eigenvalue weighted by atomic mass is 32.1. The Balaban J connectivity index is 1.63. The number of carbonyl (C=O) groups is 2. The molecule has 138 valence electrons. The van der Waals surface area contributed by atoms with Gasteiger partial charge in [0.25, 0.3) is 5.91 Å². The van der Waals surface area contributed by atoms with Crippen molar-refractivity contribution in [3.63, 3.8) is 0 Å². The van der Waals surface area contributed by atoms with Gasteiger partial charge in [-0.3, -0.25) is 9.59 Å². The van der Waals surface area contributed by atoms with Gasteiger partial charge in [0.1, 0.15) is 0 Å². The molecular weight excluding hydrogens is 332 g/mol. The Labute approximate surface area is 155 Å². The van der Waals surface area contributed by atoms with Crippen molar-refractivity contribution in [1.82, 2.24) is 10.2 Å². The second kappa shape index (κ2) is 8.35. The van der Waals surface area contributed by atoms with Gasteiger partial charge in [-0.15, -0.1) is 11.3 Å². The van der Waals surface area contributed by atoms with Crippen LogP contribution in [0, 0.1) is 5.92 Å². The summed E-state index contributed by atoms with van der Waals surface area (Å²) in [6.45, 7) is 5.51. The fourth-order valence-electron chi connectivity index (χ4n) is 4.09. The number of thiophene rings is 1. The second-order valence-electron chi connectivity index (χ2n) is 7.32. The molecular formula is C20H30N2O2S. The predicted molar refractivity (Wildman–Crippen MR) is 102 cm³/mol. The molecule has 4 nitrogen and oxygen atoms in total. The summed E-state index contributed by atoms with van der Waals surface area (Å²) < 4.78 is 0. The molecule has 25 heavy (non-hydrogen) atoms. The topological polar surface area (TPSA) is 49.4 Å². The molecule has 1 heterocycles. The average Bonchev–Trinajstić information content (AvgIpc) is 3.06. The molecule has 0 bridgehead atoms. The largest absolute Gasteiger partial charge is 0.353 e. The fraction of sp³-hybridized carbons (Fsp3) is 0.700. The van der Waals surface area contributed by atoms with Gasteiger partial charge >= 0.3 is 0 Å². The fourth-order valence-corrected chi connectivity index (χ4v) is 5.26. The first kappa shape index (κ1) is 18.4. The molecule has 2 aliphatic rings. The van der Waals surface area contributed by atoms with Crippen LogP contribution in [0.25, 0.3) is 0 Å². The highest BCUT2D eigenvalue weighted by Gasteiger charge is 2.29. The van der Waals surface area contributed by atoms with Crippen LogP contribution in [0.3, 0.4) is 0 Å². The van der Waals surface area contributed by atoms with Crippen molar-refractivity contribution in [3.8, 4) is 0 Å². The summed E-state index contributed by atoms with van der Waals surface area (Å²) in [5.41, 5.74) is 1.22. The Morgan fingerprint density at radius 3 is 2.56 bits per heavy atom. The first-order chi connectivity index (χ1) is 12.1. The minimum atomic E-state index is 0.0698. The van der Waals surface area contributed by atoms with Crippen molar-refractivity contribution in [3.05, 3.63) is 21.4 Å². The monoisotopic (exact) mass is 362 g/mol. The summed E-state index contributed by atoms with van der Waals surface area (Å²) in [6.07, 6.45) is 8.66. The standard InChI is InChI=1S/C20H30N2O2S/c1-3-22(4-2)20(24)18-13-15-12-14(10-11-17(15)25-18)19(23)21-16-8-6-5-7-9-16/h13-14,16H,3-12H2,1-2H3,(H,21,23). The van der Waals surface area contributed by atoms with Gasteiger partial charge in [0, 0.05) is 29.9 Å². The van der Waals surface area contributed by atoms with Crippen LogP contribution >= 0.6 is 11.3 Å². The minimum absolute atomic E-state index is 0.0698. The van der Waals surface area contributed by atoms with Crippen molar-refractivity contribution >= 4 is 23.2 Å². The van der Waals surface area contributed by atoms with Crippen LogP contribution in [0.4, 0.5) is 0 Å². The lowest BCUT2D eigenvalue weighted by molar-refractivity contribution is -0.126. The lowest BCUT2D eigenvalue weighted by atomic mass is 9.87. The third-order valence-corrected chi connectivity index (χ3v) is 6.89. The van der Waals surface area contributed by atoms with Crippen molar-refractivity contribution < 1.29 is 9.59 Å². The van der Waals surface area contributed by atoms with E-state index in [-0.39, 0.29) is 17.7 Å². The molecule has 0 aromatic carbocycles. The van der Waals surface area contributed by atoms with E-state index in [1.165, 1.54) is 29.7 Å². The van der Waals surface area contributed by atoms with Crippen molar-refractivity contribution in [1.29, 1.82) is 0 Å². The number of rotatable bonds is 5. The van der Waals surface area contributed by atoms with E-state index < -0.39 is 0 Å². The van der Waals surface area contributed by atoms with E-state index in [1.54, 1.807) is 11.3 Å². The third-order valence-electron chi connectivity index (χ3n) is 5.67. The molecule has 0 saturated heterocycles. The smallest absolute Gasteiger partial charge is 0.263 e. The first-order valence-electron chi connectivity index (χ1n) is 9.83. The van der Waals surface area contributed by atoms with E-state index in [0.29, 0.717) is 6.04 Å². The van der Waals surface area contributed by atoms with E-state index in [1.807, 2.05) is 24.8 Å². The summed E-state index contributed by atoms with van der Waals surface area (Å²) >= 11 is 1.63. The summed E-state index contributed by atoms with van der Waals surface area (Å²) in [5.74, 6) is 0.424. The van der Waals surface area contributed by atoms with E-state index >= 15 is 0 Å². The summed E-state index contributed by atoms with van der Waals surface area (Å²) in [7, 11) is 0. The number of hydrogen-bond donors (Lipinski definition) is 1. The number of hydrogen-bond acceptors (Lipinski definition) is 3. The first-order valence-corrected chi connectivity index (χ1v) is 10.6. The van der Waals surface area contributed by atoms with Crippen LogP contribution in [0.5, 0.6) is 0 Å². The SMILES string of the molecule is CCN(CC)C(=O)c1cc2c(s1)CCC(C(=O)NC1CCCCC1)C2. The van der Waals surface area contributed by atoms with Crippen molar-refractivity contribution in [2.45, 2.75) is 71.3 Å². The predicted octanol–water partition coefficient (Wildman–Crippen LogP) is 3.78. The van der Waals surface area contributed by atoms with E-state index in [2.05, 4.69) is 5.32 Å². The van der Waals surface area contributed by atoms with E-state index in [0.717, 1.165) is 50.1 Å². The van der Waals surface area contributed by atoms with E-state index in [4.69, 9.17) is 0 Å². The highest BCUT2D eigenvalue weighted by Crippen LogP contribution is 2.33. The van der Waals surface area contributed by atoms with Gasteiger partial charge in [-0.1, -0.05) is 19.3 Å². The maximum absolute atomic E-state index is 12.6. The van der Waals surface area contributed by atoms with Gasteiger partial charge in [-0.25, -0.2) is 0 Å². The zero-order valence-electron chi connectivity index (χ0n) is 15.5. The quantitative estimate of drug-likeness (QED) is 0.866. The number of carbonyl (C=O) groups excluding carboxylic acids is 2. The molecule has 1 fully saturated rings. The molecule has 0 aliphatic heterocycles. The van der Waals surface area contributed by atoms with Gasteiger partial charge in [-0.2, -0.15) is 0 Å². The number of amides is 2. The summed E-state index contributed by atoms with van der Waals surface area (Å²) in [4.78, 5) is 29.2. The zero-order valence-corrected chi connectivity index (χ0v) is 16.3. The molecule has 3 rings (SSSR count). The molecule has 2 amide bonds. The number of fused-ring (bicyclic) bond motifs is 1. The number of aryl methyl sites for hydroxylation is 1. The maximum Gasteiger partial charge on any atom is 0.263 e. The van der Waals surface area contributed by atoms with Gasteiger partial charge in [-0.05, 0) is 57.6 Å². The maximum atomic E-state index is 12.6. The van der Waals surface area contributed by atoms with Crippen LogP contribution in [-0.2, 0) is 17.6 Å². The van der Waals surface area contributed by atoms with Gasteiger partial charge < -0.3 is 10.2 Å². The molecule has 1 saturated carbocycles. The van der Waals surface area contributed by atoms with Gasteiger partial charge in [0.05, 0.1) is 4.88 Å². The molecule has 1 aromatic rings. The molecule has 5 heteroatoms. The second-order valence-corrected chi connectivity index (χ2v) is 8.46. The van der Waals surface area contributed by atoms with Crippen LogP contribution < -0.4 is 5.32 Å². The number of nitrogens with zero attached hydrogens (tertiary/aromatic N) is 1. The minimum Gasteiger partial charge on any atom is -0.353 e. The van der Waals surface area contributed by atoms with E-state index in [9.17, 15) is 9.59 Å². The molecule has 1 N–H and O–H groups in total. The molecule has 0 spiro atoms. The molecule has 0 radical (unpaired) electrons. The Morgan fingerprint density at radius 2 is 1.88 bits per heavy atom. The van der Waals surface area contributed by atoms with Crippen LogP contribution in [-0.4, -0.2) is 35.8 Å². The third kappa shape index (κ3) is 4.25. The van der Waals surface area contributed by atoms with Crippen LogP contribution in [0.1, 0.15) is 72.5 Å². The lowest BCUT2D eigenvalue weighted by Gasteiger charge is -2.27. The summed E-state index contributed by atoms with van der Waals surface area (Å²) in [5, 5.41) is 3.27. The molecule has 1 aromatic heterocycles. The molecule has 1 atom stereocenters. The van der Waals surface area contributed by atoms with Crippen molar-refractivity contribution in [2.75, 3.05) is 13.1 Å². The average molecular weight is 363 g/mol. The van der Waals surface area contributed by atoms with Crippen LogP contribution in [0.15, 0.2) is 6.07 Å². The van der Waals surface area contributed by atoms with Crippen molar-refractivity contribution in [2.24, 2.45) is 5.92 Å². The normalized spacial score (nSPS) is 20.8. The van der Waals surface area contributed by atoms with Gasteiger partial charge in [0.15, 0.2) is 0 Å². The van der Waals surface area contributed by atoms with Gasteiger partial charge in [0.2, 0.25) is 5.91 Å². The van der Waals surface area contributed by atoms with Crippen LogP contribution in [0.2, 0.25) is 0 Å². The zero-order chi connectivity index (χ0) is 17.8. The summed E-state index contributed by atoms with van der Waals surface area (Å²) in [6, 6.07) is 2.42. The Kier molecular flexibility index (Phi) is 6.15. The lowest BCUT2D eigenvalue weighted by Crippen LogP contribution is -2.41. The Morgan fingerprint density at radius 1 is 1.16 bits per heavy atom. The number of nitrogens with one attached hydrogen (secondary N) is 1.